The fraction of sp³-hybridized carbons (Fsp3) is 0.286. The van der Waals surface area contributed by atoms with Gasteiger partial charge in [-0.25, -0.2) is 0 Å². The minimum Gasteiger partial charge on any atom is -0.493 e. The molecule has 1 heterocycles. The summed E-state index contributed by atoms with van der Waals surface area (Å²) in [6, 6.07) is 17.7. The number of benzene rings is 2. The van der Waals surface area contributed by atoms with E-state index in [-0.39, 0.29) is 5.97 Å². The standard InChI is InChI=1S/C14H14O2.C5H8O2.C2H2/c1-15-13-9-5-6-10-14(13)16-11-12-7-3-2-4-8-12;6-5-3-1-2-4-7-5;1-2/h2-10H,11H2,1H3;1-4H2;1-2H. The van der Waals surface area contributed by atoms with E-state index in [1.807, 2.05) is 54.6 Å². The number of cyclic esters (lactones) is 1. The first-order valence-corrected chi connectivity index (χ1v) is 8.08. The van der Waals surface area contributed by atoms with Crippen LogP contribution in [0.15, 0.2) is 54.6 Å². The molecule has 25 heavy (non-hydrogen) atoms. The molecular formula is C21H24O4. The highest BCUT2D eigenvalue weighted by atomic mass is 16.5. The Morgan fingerprint density at radius 2 is 1.60 bits per heavy atom. The molecule has 0 aromatic heterocycles. The summed E-state index contributed by atoms with van der Waals surface area (Å²) in [4.78, 5) is 10.2. The zero-order valence-corrected chi connectivity index (χ0v) is 14.5. The molecule has 0 bridgehead atoms. The van der Waals surface area contributed by atoms with E-state index in [0.29, 0.717) is 19.6 Å². The molecule has 1 aliphatic rings. The summed E-state index contributed by atoms with van der Waals surface area (Å²) in [7, 11) is 1.64. The van der Waals surface area contributed by atoms with Gasteiger partial charge in [0.2, 0.25) is 0 Å². The number of carbonyl (C=O) groups is 1. The molecule has 0 N–H and O–H groups in total. The lowest BCUT2D eigenvalue weighted by atomic mass is 10.2. The first kappa shape index (κ1) is 20.1. The number of carbonyl (C=O) groups excluding carboxylic acids is 1. The summed E-state index contributed by atoms with van der Waals surface area (Å²) in [5.74, 6) is 1.50. The van der Waals surface area contributed by atoms with Crippen LogP contribution in [0.1, 0.15) is 24.8 Å². The summed E-state index contributed by atoms with van der Waals surface area (Å²) < 4.78 is 15.5. The lowest BCUT2D eigenvalue weighted by molar-refractivity contribution is -0.146. The Balaban J connectivity index is 0.000000290. The van der Waals surface area contributed by atoms with Crippen molar-refractivity contribution in [2.75, 3.05) is 13.7 Å². The Labute approximate surface area is 149 Å². The van der Waals surface area contributed by atoms with E-state index in [0.717, 1.165) is 29.9 Å². The van der Waals surface area contributed by atoms with Gasteiger partial charge in [0.15, 0.2) is 11.5 Å². The summed E-state index contributed by atoms with van der Waals surface area (Å²) >= 11 is 0. The normalized spacial score (nSPS) is 12.4. The largest absolute Gasteiger partial charge is 0.493 e. The number of terminal acetylenes is 1. The quantitative estimate of drug-likeness (QED) is 0.617. The zero-order chi connectivity index (χ0) is 18.3. The van der Waals surface area contributed by atoms with Crippen LogP contribution in [0.4, 0.5) is 0 Å². The van der Waals surface area contributed by atoms with Gasteiger partial charge in [0.05, 0.1) is 13.7 Å². The molecule has 132 valence electrons. The number of para-hydroxylation sites is 2. The van der Waals surface area contributed by atoms with E-state index in [9.17, 15) is 4.79 Å². The van der Waals surface area contributed by atoms with Crippen molar-refractivity contribution >= 4 is 5.97 Å². The minimum absolute atomic E-state index is 0.0359. The second-order valence-electron chi connectivity index (χ2n) is 5.10. The summed E-state index contributed by atoms with van der Waals surface area (Å²) in [5, 5.41) is 0. The smallest absolute Gasteiger partial charge is 0.305 e. The fourth-order valence-corrected chi connectivity index (χ4v) is 2.10. The maximum absolute atomic E-state index is 10.2. The molecule has 4 heteroatoms. The van der Waals surface area contributed by atoms with Gasteiger partial charge in [-0.05, 0) is 30.5 Å². The maximum atomic E-state index is 10.2. The molecule has 0 unspecified atom stereocenters. The van der Waals surface area contributed by atoms with Gasteiger partial charge in [-0.2, -0.15) is 0 Å². The molecule has 0 spiro atoms. The van der Waals surface area contributed by atoms with Gasteiger partial charge in [-0.1, -0.05) is 42.5 Å². The zero-order valence-electron chi connectivity index (χ0n) is 14.5. The van der Waals surface area contributed by atoms with E-state index >= 15 is 0 Å². The van der Waals surface area contributed by atoms with Gasteiger partial charge >= 0.3 is 5.97 Å². The lowest BCUT2D eigenvalue weighted by Crippen LogP contribution is -2.10. The molecule has 4 nitrogen and oxygen atoms in total. The van der Waals surface area contributed by atoms with Crippen LogP contribution in [0.25, 0.3) is 0 Å². The molecule has 0 aliphatic carbocycles. The van der Waals surface area contributed by atoms with Gasteiger partial charge in [-0.3, -0.25) is 4.79 Å². The highest BCUT2D eigenvalue weighted by Crippen LogP contribution is 2.26. The van der Waals surface area contributed by atoms with E-state index in [2.05, 4.69) is 17.6 Å². The van der Waals surface area contributed by atoms with Crippen molar-refractivity contribution in [3.8, 4) is 24.3 Å². The molecular weight excluding hydrogens is 316 g/mol. The van der Waals surface area contributed by atoms with Gasteiger partial charge in [0.25, 0.3) is 0 Å². The first-order valence-electron chi connectivity index (χ1n) is 8.08. The van der Waals surface area contributed by atoms with Crippen LogP contribution in [0.3, 0.4) is 0 Å². The van der Waals surface area contributed by atoms with Gasteiger partial charge in [0.1, 0.15) is 6.61 Å². The number of rotatable bonds is 4. The highest BCUT2D eigenvalue weighted by Gasteiger charge is 2.06. The van der Waals surface area contributed by atoms with Crippen molar-refractivity contribution in [2.45, 2.75) is 25.9 Å². The first-order chi connectivity index (χ1) is 12.3. The van der Waals surface area contributed by atoms with Crippen molar-refractivity contribution < 1.29 is 19.0 Å². The molecule has 0 radical (unpaired) electrons. The van der Waals surface area contributed by atoms with Crippen molar-refractivity contribution in [3.05, 3.63) is 60.2 Å². The third-order valence-electron chi connectivity index (χ3n) is 3.34. The third-order valence-corrected chi connectivity index (χ3v) is 3.34. The van der Waals surface area contributed by atoms with Crippen LogP contribution < -0.4 is 9.47 Å². The second-order valence-corrected chi connectivity index (χ2v) is 5.10. The van der Waals surface area contributed by atoms with Gasteiger partial charge in [0, 0.05) is 6.42 Å². The second kappa shape index (κ2) is 12.5. The predicted molar refractivity (Wildman–Crippen MR) is 98.5 cm³/mol. The Bertz CT molecular complexity index is 627. The van der Waals surface area contributed by atoms with Crippen LogP contribution in [0, 0.1) is 12.8 Å². The van der Waals surface area contributed by atoms with Crippen molar-refractivity contribution in [1.29, 1.82) is 0 Å². The Hall–Kier alpha value is -2.93. The van der Waals surface area contributed by atoms with E-state index < -0.39 is 0 Å². The summed E-state index contributed by atoms with van der Waals surface area (Å²) in [6.45, 7) is 1.19. The van der Waals surface area contributed by atoms with E-state index in [1.165, 1.54) is 0 Å². The SMILES string of the molecule is C#C.COc1ccccc1OCc1ccccc1.O=C1CCCCO1. The predicted octanol–water partition coefficient (Wildman–Crippen LogP) is 4.24. The number of hydrogen-bond donors (Lipinski definition) is 0. The Morgan fingerprint density at radius 3 is 2.12 bits per heavy atom. The van der Waals surface area contributed by atoms with E-state index in [1.54, 1.807) is 7.11 Å². The molecule has 0 atom stereocenters. The molecule has 2 aromatic rings. The third kappa shape index (κ3) is 7.94. The monoisotopic (exact) mass is 340 g/mol. The van der Waals surface area contributed by atoms with Crippen molar-refractivity contribution in [2.24, 2.45) is 0 Å². The molecule has 1 saturated heterocycles. The number of ether oxygens (including phenoxy) is 3. The van der Waals surface area contributed by atoms with Crippen LogP contribution >= 0.6 is 0 Å². The summed E-state index contributed by atoms with van der Waals surface area (Å²) in [6.07, 6.45) is 10.7. The Morgan fingerprint density at radius 1 is 0.960 bits per heavy atom. The average Bonchev–Trinajstić information content (AvgIpc) is 2.70. The molecule has 0 saturated carbocycles. The average molecular weight is 340 g/mol. The van der Waals surface area contributed by atoms with Crippen LogP contribution in [0.5, 0.6) is 11.5 Å². The van der Waals surface area contributed by atoms with E-state index in [4.69, 9.17) is 9.47 Å². The Kier molecular flexibility index (Phi) is 10.0. The van der Waals surface area contributed by atoms with Crippen molar-refractivity contribution in [1.82, 2.24) is 0 Å². The van der Waals surface area contributed by atoms with Crippen LogP contribution in [-0.2, 0) is 16.1 Å². The minimum atomic E-state index is -0.0359. The van der Waals surface area contributed by atoms with Crippen LogP contribution in [-0.4, -0.2) is 19.7 Å². The number of methoxy groups -OCH3 is 1. The number of esters is 1. The molecule has 3 rings (SSSR count). The molecule has 1 aliphatic heterocycles. The molecule has 0 amide bonds. The van der Waals surface area contributed by atoms with Gasteiger partial charge < -0.3 is 14.2 Å². The lowest BCUT2D eigenvalue weighted by Gasteiger charge is -2.09. The van der Waals surface area contributed by atoms with Crippen LogP contribution in [0.2, 0.25) is 0 Å². The molecule has 1 fully saturated rings. The topological polar surface area (TPSA) is 44.8 Å². The van der Waals surface area contributed by atoms with Crippen molar-refractivity contribution in [3.63, 3.8) is 0 Å². The molecule has 2 aromatic carbocycles. The summed E-state index contributed by atoms with van der Waals surface area (Å²) in [5.41, 5.74) is 1.15. The van der Waals surface area contributed by atoms with Gasteiger partial charge in [-0.15, -0.1) is 12.8 Å². The fourth-order valence-electron chi connectivity index (χ4n) is 2.10. The maximum Gasteiger partial charge on any atom is 0.305 e. The highest BCUT2D eigenvalue weighted by molar-refractivity contribution is 5.69. The number of hydrogen-bond acceptors (Lipinski definition) is 4.